The highest BCUT2D eigenvalue weighted by Crippen LogP contribution is 2.29. The van der Waals surface area contributed by atoms with Gasteiger partial charge in [0, 0.05) is 43.8 Å². The van der Waals surface area contributed by atoms with E-state index >= 15 is 0 Å². The van der Waals surface area contributed by atoms with E-state index in [4.69, 9.17) is 15.2 Å². The van der Waals surface area contributed by atoms with Gasteiger partial charge in [-0.3, -0.25) is 14.9 Å². The van der Waals surface area contributed by atoms with Gasteiger partial charge < -0.3 is 30.3 Å². The van der Waals surface area contributed by atoms with E-state index in [9.17, 15) is 14.4 Å². The second kappa shape index (κ2) is 13.3. The van der Waals surface area contributed by atoms with E-state index < -0.39 is 6.09 Å². The molecule has 0 spiro atoms. The highest BCUT2D eigenvalue weighted by molar-refractivity contribution is 5.98. The van der Waals surface area contributed by atoms with E-state index in [2.05, 4.69) is 15.5 Å². The molecule has 0 bridgehead atoms. The molecular weight excluding hydrogens is 498 g/mol. The number of ether oxygens (including phenoxy) is 2. The third-order valence-electron chi connectivity index (χ3n) is 7.49. The van der Waals surface area contributed by atoms with E-state index in [0.29, 0.717) is 43.9 Å². The maximum Gasteiger partial charge on any atom is 0.411 e. The fourth-order valence-electron chi connectivity index (χ4n) is 5.18. The first-order chi connectivity index (χ1) is 18.9. The summed E-state index contributed by atoms with van der Waals surface area (Å²) in [6.45, 7) is 2.50. The van der Waals surface area contributed by atoms with Gasteiger partial charge >= 0.3 is 6.09 Å². The first kappa shape index (κ1) is 28.2. The average molecular weight is 538 g/mol. The van der Waals surface area contributed by atoms with Crippen LogP contribution in [0.3, 0.4) is 0 Å². The molecule has 3 amide bonds. The Morgan fingerprint density at radius 1 is 0.949 bits per heavy atom. The lowest BCUT2D eigenvalue weighted by atomic mass is 9.91. The highest BCUT2D eigenvalue weighted by Gasteiger charge is 2.24. The van der Waals surface area contributed by atoms with Crippen molar-refractivity contribution in [2.24, 2.45) is 5.73 Å². The molecule has 10 heteroatoms. The van der Waals surface area contributed by atoms with Gasteiger partial charge in [-0.1, -0.05) is 12.1 Å². The molecule has 2 fully saturated rings. The number of benzene rings is 2. The Morgan fingerprint density at radius 2 is 1.69 bits per heavy atom. The molecule has 2 aliphatic rings. The Labute approximate surface area is 229 Å². The number of hydrogen-bond acceptors (Lipinski definition) is 7. The topological polar surface area (TPSA) is 126 Å². The maximum absolute atomic E-state index is 13.0. The second-order valence-corrected chi connectivity index (χ2v) is 10.2. The Balaban J connectivity index is 1.43. The van der Waals surface area contributed by atoms with Crippen LogP contribution in [0.5, 0.6) is 5.75 Å². The van der Waals surface area contributed by atoms with Crippen LogP contribution in [0.15, 0.2) is 42.5 Å². The summed E-state index contributed by atoms with van der Waals surface area (Å²) in [7, 11) is 2.92. The van der Waals surface area contributed by atoms with Crippen LogP contribution in [0.1, 0.15) is 48.0 Å². The van der Waals surface area contributed by atoms with Crippen LogP contribution in [0, 0.1) is 0 Å². The quantitative estimate of drug-likeness (QED) is 0.495. The van der Waals surface area contributed by atoms with Crippen LogP contribution in [0.2, 0.25) is 0 Å². The number of rotatable bonds is 7. The molecule has 10 nitrogen and oxygen atoms in total. The van der Waals surface area contributed by atoms with Crippen LogP contribution in [0.4, 0.5) is 16.2 Å². The minimum absolute atomic E-state index is 0.0746. The van der Waals surface area contributed by atoms with Gasteiger partial charge in [0.05, 0.1) is 32.0 Å². The normalized spacial score (nSPS) is 19.6. The van der Waals surface area contributed by atoms with Gasteiger partial charge in [-0.05, 0) is 68.0 Å². The molecule has 1 heterocycles. The third-order valence-corrected chi connectivity index (χ3v) is 7.49. The summed E-state index contributed by atoms with van der Waals surface area (Å²) < 4.78 is 10.0. The SMILES string of the molecule is COC(=O)Nc1cc(C(=O)NC2CCC(N)CC2)ccc1N1CCCN(C(=O)Cc2ccc(OC)cc2)CC1. The van der Waals surface area contributed by atoms with Gasteiger partial charge in [0.15, 0.2) is 0 Å². The molecule has 210 valence electrons. The van der Waals surface area contributed by atoms with Gasteiger partial charge in [-0.2, -0.15) is 0 Å². The predicted octanol–water partition coefficient (Wildman–Crippen LogP) is 3.15. The molecule has 2 aromatic rings. The molecule has 4 N–H and O–H groups in total. The van der Waals surface area contributed by atoms with Crippen molar-refractivity contribution >= 4 is 29.3 Å². The van der Waals surface area contributed by atoms with Crippen LogP contribution in [-0.4, -0.2) is 75.3 Å². The lowest BCUT2D eigenvalue weighted by Gasteiger charge is -2.28. The number of hydrogen-bond donors (Lipinski definition) is 3. The smallest absolute Gasteiger partial charge is 0.411 e. The van der Waals surface area contributed by atoms with Gasteiger partial charge in [-0.25, -0.2) is 4.79 Å². The van der Waals surface area contributed by atoms with Crippen LogP contribution in [-0.2, 0) is 16.0 Å². The largest absolute Gasteiger partial charge is 0.497 e. The van der Waals surface area contributed by atoms with Gasteiger partial charge in [0.2, 0.25) is 5.91 Å². The molecule has 1 saturated carbocycles. The number of nitrogens with zero attached hydrogens (tertiary/aromatic N) is 2. The molecule has 0 radical (unpaired) electrons. The molecular formula is C29H39N5O5. The summed E-state index contributed by atoms with van der Waals surface area (Å²) in [6, 6.07) is 13.2. The van der Waals surface area contributed by atoms with Crippen molar-refractivity contribution in [3.8, 4) is 5.75 Å². The van der Waals surface area contributed by atoms with Gasteiger partial charge in [0.25, 0.3) is 5.91 Å². The lowest BCUT2D eigenvalue weighted by molar-refractivity contribution is -0.130. The summed E-state index contributed by atoms with van der Waals surface area (Å²) in [5.41, 5.74) is 8.68. The summed E-state index contributed by atoms with van der Waals surface area (Å²) >= 11 is 0. The zero-order valence-corrected chi connectivity index (χ0v) is 22.8. The number of nitrogens with one attached hydrogen (secondary N) is 2. The van der Waals surface area contributed by atoms with Crippen LogP contribution < -0.4 is 26.0 Å². The number of methoxy groups -OCH3 is 2. The molecule has 1 aliphatic heterocycles. The third kappa shape index (κ3) is 7.63. The molecule has 39 heavy (non-hydrogen) atoms. The average Bonchev–Trinajstić information content (AvgIpc) is 3.21. The van der Waals surface area contributed by atoms with Crippen molar-refractivity contribution < 1.29 is 23.9 Å². The minimum atomic E-state index is -0.610. The molecule has 0 atom stereocenters. The Morgan fingerprint density at radius 3 is 2.38 bits per heavy atom. The van der Waals surface area contributed by atoms with Crippen molar-refractivity contribution in [2.45, 2.75) is 50.6 Å². The predicted molar refractivity (Wildman–Crippen MR) is 150 cm³/mol. The van der Waals surface area contributed by atoms with Crippen molar-refractivity contribution in [3.63, 3.8) is 0 Å². The number of anilines is 2. The van der Waals surface area contributed by atoms with Crippen molar-refractivity contribution in [1.82, 2.24) is 10.2 Å². The molecule has 1 aliphatic carbocycles. The Kier molecular flexibility index (Phi) is 9.64. The number of amides is 3. The van der Waals surface area contributed by atoms with Gasteiger partial charge in [-0.15, -0.1) is 0 Å². The first-order valence-corrected chi connectivity index (χ1v) is 13.6. The number of nitrogens with two attached hydrogens (primary N) is 1. The summed E-state index contributed by atoms with van der Waals surface area (Å²) in [5, 5.41) is 5.87. The second-order valence-electron chi connectivity index (χ2n) is 10.2. The molecule has 1 saturated heterocycles. The molecule has 0 unspecified atom stereocenters. The summed E-state index contributed by atoms with van der Waals surface area (Å²) in [5.74, 6) is 0.655. The van der Waals surface area contributed by atoms with E-state index in [1.165, 1.54) is 7.11 Å². The minimum Gasteiger partial charge on any atom is -0.497 e. The van der Waals surface area contributed by atoms with Crippen molar-refractivity contribution in [2.75, 3.05) is 50.6 Å². The maximum atomic E-state index is 13.0. The van der Waals surface area contributed by atoms with E-state index in [0.717, 1.165) is 49.1 Å². The summed E-state index contributed by atoms with van der Waals surface area (Å²) in [4.78, 5) is 42.2. The monoisotopic (exact) mass is 537 g/mol. The molecule has 4 rings (SSSR count). The Hall–Kier alpha value is -3.79. The van der Waals surface area contributed by atoms with Gasteiger partial charge in [0.1, 0.15) is 5.75 Å². The Bertz CT molecular complexity index is 1150. The van der Waals surface area contributed by atoms with Crippen LogP contribution in [0.25, 0.3) is 0 Å². The zero-order valence-electron chi connectivity index (χ0n) is 22.8. The summed E-state index contributed by atoms with van der Waals surface area (Å²) in [6.07, 6.45) is 4.01. The number of carbonyl (C=O) groups excluding carboxylic acids is 3. The molecule has 0 aromatic heterocycles. The fraction of sp³-hybridized carbons (Fsp3) is 0.483. The van der Waals surface area contributed by atoms with E-state index in [-0.39, 0.29) is 23.9 Å². The zero-order chi connectivity index (χ0) is 27.8. The standard InChI is InChI=1S/C29H39N5O5/c1-38-24-11-4-20(5-12-24)18-27(35)34-15-3-14-33(16-17-34)26-13-6-21(19-25(26)32-29(37)39-2)28(36)31-23-9-7-22(30)8-10-23/h4-6,11-13,19,22-23H,3,7-10,14-18,30H2,1-2H3,(H,31,36)(H,32,37). The van der Waals surface area contributed by atoms with Crippen molar-refractivity contribution in [3.05, 3.63) is 53.6 Å². The molecule has 2 aromatic carbocycles. The van der Waals surface area contributed by atoms with Crippen LogP contribution >= 0.6 is 0 Å². The highest BCUT2D eigenvalue weighted by atomic mass is 16.5. The van der Waals surface area contributed by atoms with E-state index in [1.54, 1.807) is 19.2 Å². The van der Waals surface area contributed by atoms with Crippen molar-refractivity contribution in [1.29, 1.82) is 0 Å². The number of carbonyl (C=O) groups is 3. The lowest BCUT2D eigenvalue weighted by Crippen LogP contribution is -2.40. The fourth-order valence-corrected chi connectivity index (χ4v) is 5.18. The first-order valence-electron chi connectivity index (χ1n) is 13.6. The van der Waals surface area contributed by atoms with E-state index in [1.807, 2.05) is 35.2 Å².